The Morgan fingerprint density at radius 1 is 1.32 bits per heavy atom. The molecule has 2 N–H and O–H groups in total. The van der Waals surface area contributed by atoms with E-state index in [1.54, 1.807) is 18.2 Å². The molecule has 5 nitrogen and oxygen atoms in total. The maximum Gasteiger partial charge on any atom is 0.336 e. The van der Waals surface area contributed by atoms with Crippen molar-refractivity contribution in [2.75, 3.05) is 18.4 Å². The SMILES string of the molecule is Cl.O=C(CCC1CCNC1)Nc1ccc2oc(=O)ccc2c1. The van der Waals surface area contributed by atoms with Crippen LogP contribution in [0, 0.1) is 5.92 Å². The van der Waals surface area contributed by atoms with Gasteiger partial charge in [-0.15, -0.1) is 12.4 Å². The summed E-state index contributed by atoms with van der Waals surface area (Å²) in [5.41, 5.74) is 0.882. The Kier molecular flexibility index (Phi) is 5.57. The fourth-order valence-corrected chi connectivity index (χ4v) is 2.67. The molecular weight excluding hydrogens is 304 g/mol. The van der Waals surface area contributed by atoms with E-state index in [-0.39, 0.29) is 23.9 Å². The minimum absolute atomic E-state index is 0. The Hall–Kier alpha value is -1.85. The van der Waals surface area contributed by atoms with Crippen molar-refractivity contribution in [3.63, 3.8) is 0 Å². The second kappa shape index (κ2) is 7.42. The van der Waals surface area contributed by atoms with Crippen molar-refractivity contribution in [2.24, 2.45) is 5.92 Å². The first-order valence-electron chi connectivity index (χ1n) is 7.25. The number of halogens is 1. The molecule has 2 heterocycles. The standard InChI is InChI=1S/C16H18N2O3.ClH/c19-15(5-1-11-7-8-17-10-11)18-13-3-4-14-12(9-13)2-6-16(20)21-14;/h2-4,6,9,11,17H,1,5,7-8,10H2,(H,18,19);1H. The highest BCUT2D eigenvalue weighted by Gasteiger charge is 2.15. The first kappa shape index (κ1) is 16.5. The number of anilines is 1. The molecular formula is C16H19ClN2O3. The largest absolute Gasteiger partial charge is 0.423 e. The highest BCUT2D eigenvalue weighted by atomic mass is 35.5. The predicted octanol–water partition coefficient (Wildman–Crippen LogP) is 2.54. The number of nitrogens with one attached hydrogen (secondary N) is 2. The van der Waals surface area contributed by atoms with Gasteiger partial charge in [-0.3, -0.25) is 4.79 Å². The van der Waals surface area contributed by atoms with Crippen LogP contribution in [-0.4, -0.2) is 19.0 Å². The van der Waals surface area contributed by atoms with Gasteiger partial charge in [0.05, 0.1) is 0 Å². The summed E-state index contributed by atoms with van der Waals surface area (Å²) in [6.45, 7) is 2.07. The molecule has 1 unspecified atom stereocenters. The number of hydrogen-bond acceptors (Lipinski definition) is 4. The topological polar surface area (TPSA) is 71.3 Å². The summed E-state index contributed by atoms with van der Waals surface area (Å²) in [5.74, 6) is 0.639. The lowest BCUT2D eigenvalue weighted by Crippen LogP contribution is -2.15. The molecule has 3 rings (SSSR count). The van der Waals surface area contributed by atoms with Crippen molar-refractivity contribution in [1.82, 2.24) is 5.32 Å². The Morgan fingerprint density at radius 3 is 2.95 bits per heavy atom. The van der Waals surface area contributed by atoms with E-state index in [1.165, 1.54) is 6.07 Å². The van der Waals surface area contributed by atoms with E-state index in [9.17, 15) is 9.59 Å². The molecule has 1 fully saturated rings. The molecule has 0 bridgehead atoms. The Balaban J connectivity index is 0.00000176. The van der Waals surface area contributed by atoms with E-state index in [0.29, 0.717) is 17.9 Å². The van der Waals surface area contributed by atoms with Crippen LogP contribution in [0.25, 0.3) is 11.0 Å². The molecule has 6 heteroatoms. The van der Waals surface area contributed by atoms with Crippen LogP contribution in [0.1, 0.15) is 19.3 Å². The molecule has 0 radical (unpaired) electrons. The van der Waals surface area contributed by atoms with Gasteiger partial charge >= 0.3 is 5.63 Å². The third kappa shape index (κ3) is 4.08. The van der Waals surface area contributed by atoms with Crippen molar-refractivity contribution in [3.05, 3.63) is 40.8 Å². The predicted molar refractivity (Wildman–Crippen MR) is 88.6 cm³/mol. The molecule has 1 aromatic carbocycles. The van der Waals surface area contributed by atoms with E-state index in [2.05, 4.69) is 10.6 Å². The summed E-state index contributed by atoms with van der Waals surface area (Å²) in [4.78, 5) is 23.1. The van der Waals surface area contributed by atoms with Crippen LogP contribution in [0.5, 0.6) is 0 Å². The zero-order chi connectivity index (χ0) is 14.7. The fraction of sp³-hybridized carbons (Fsp3) is 0.375. The molecule has 0 saturated carbocycles. The normalized spacial score (nSPS) is 17.2. The van der Waals surface area contributed by atoms with Crippen molar-refractivity contribution in [2.45, 2.75) is 19.3 Å². The monoisotopic (exact) mass is 322 g/mol. The van der Waals surface area contributed by atoms with Crippen molar-refractivity contribution < 1.29 is 9.21 Å². The maximum absolute atomic E-state index is 12.0. The molecule has 1 amide bonds. The molecule has 22 heavy (non-hydrogen) atoms. The summed E-state index contributed by atoms with van der Waals surface area (Å²) < 4.78 is 5.06. The third-order valence-electron chi connectivity index (χ3n) is 3.85. The van der Waals surface area contributed by atoms with Gasteiger partial charge in [0.15, 0.2) is 0 Å². The zero-order valence-electron chi connectivity index (χ0n) is 12.1. The molecule has 0 spiro atoms. The van der Waals surface area contributed by atoms with E-state index < -0.39 is 0 Å². The maximum atomic E-state index is 12.0. The Labute approximate surface area is 134 Å². The number of carbonyl (C=O) groups excluding carboxylic acids is 1. The first-order valence-corrected chi connectivity index (χ1v) is 7.25. The van der Waals surface area contributed by atoms with E-state index in [4.69, 9.17) is 4.42 Å². The van der Waals surface area contributed by atoms with E-state index in [1.807, 2.05) is 6.07 Å². The summed E-state index contributed by atoms with van der Waals surface area (Å²) in [6.07, 6.45) is 2.61. The van der Waals surface area contributed by atoms with Gasteiger partial charge in [0.2, 0.25) is 5.91 Å². The average molecular weight is 323 g/mol. The lowest BCUT2D eigenvalue weighted by atomic mass is 10.0. The Bertz CT molecular complexity index is 708. The second-order valence-electron chi connectivity index (χ2n) is 5.45. The summed E-state index contributed by atoms with van der Waals surface area (Å²) in [6, 6.07) is 8.34. The zero-order valence-corrected chi connectivity index (χ0v) is 12.9. The smallest absolute Gasteiger partial charge is 0.336 e. The van der Waals surface area contributed by atoms with Crippen LogP contribution in [-0.2, 0) is 4.79 Å². The second-order valence-corrected chi connectivity index (χ2v) is 5.45. The molecule has 1 aliphatic rings. The van der Waals surface area contributed by atoms with Crippen LogP contribution in [0.2, 0.25) is 0 Å². The van der Waals surface area contributed by atoms with Crippen molar-refractivity contribution in [1.29, 1.82) is 0 Å². The molecule has 1 aromatic heterocycles. The lowest BCUT2D eigenvalue weighted by Gasteiger charge is -2.09. The number of benzene rings is 1. The minimum Gasteiger partial charge on any atom is -0.423 e. The molecule has 1 aliphatic heterocycles. The van der Waals surface area contributed by atoms with E-state index >= 15 is 0 Å². The number of rotatable bonds is 4. The Morgan fingerprint density at radius 2 is 2.18 bits per heavy atom. The van der Waals surface area contributed by atoms with Gasteiger partial charge < -0.3 is 15.1 Å². The molecule has 118 valence electrons. The van der Waals surface area contributed by atoms with Crippen LogP contribution in [0.15, 0.2) is 39.5 Å². The highest BCUT2D eigenvalue weighted by Crippen LogP contribution is 2.19. The van der Waals surface area contributed by atoms with Crippen LogP contribution in [0.3, 0.4) is 0 Å². The van der Waals surface area contributed by atoms with Crippen LogP contribution >= 0.6 is 12.4 Å². The van der Waals surface area contributed by atoms with Gasteiger partial charge in [-0.25, -0.2) is 4.79 Å². The van der Waals surface area contributed by atoms with Gasteiger partial charge in [0.1, 0.15) is 5.58 Å². The number of amides is 1. The van der Waals surface area contributed by atoms with E-state index in [0.717, 1.165) is 37.0 Å². The summed E-state index contributed by atoms with van der Waals surface area (Å²) in [5, 5.41) is 6.99. The van der Waals surface area contributed by atoms with Crippen LogP contribution < -0.4 is 16.3 Å². The van der Waals surface area contributed by atoms with Gasteiger partial charge in [0.25, 0.3) is 0 Å². The molecule has 1 atom stereocenters. The highest BCUT2D eigenvalue weighted by molar-refractivity contribution is 5.93. The average Bonchev–Trinajstić information content (AvgIpc) is 2.99. The molecule has 2 aromatic rings. The fourth-order valence-electron chi connectivity index (χ4n) is 2.67. The van der Waals surface area contributed by atoms with Crippen molar-refractivity contribution in [3.8, 4) is 0 Å². The van der Waals surface area contributed by atoms with Gasteiger partial charge in [-0.1, -0.05) is 0 Å². The number of carbonyl (C=O) groups is 1. The lowest BCUT2D eigenvalue weighted by molar-refractivity contribution is -0.116. The minimum atomic E-state index is -0.371. The van der Waals surface area contributed by atoms with Crippen molar-refractivity contribution >= 4 is 35.0 Å². The first-order chi connectivity index (χ1) is 10.2. The molecule has 1 saturated heterocycles. The quantitative estimate of drug-likeness (QED) is 0.849. The molecule has 0 aliphatic carbocycles. The summed E-state index contributed by atoms with van der Waals surface area (Å²) >= 11 is 0. The number of fused-ring (bicyclic) bond motifs is 1. The summed E-state index contributed by atoms with van der Waals surface area (Å²) in [7, 11) is 0. The third-order valence-corrected chi connectivity index (χ3v) is 3.85. The van der Waals surface area contributed by atoms with Gasteiger partial charge in [-0.2, -0.15) is 0 Å². The van der Waals surface area contributed by atoms with Gasteiger partial charge in [-0.05, 0) is 56.1 Å². The van der Waals surface area contributed by atoms with Crippen LogP contribution in [0.4, 0.5) is 5.69 Å². The van der Waals surface area contributed by atoms with Gasteiger partial charge in [0, 0.05) is 23.6 Å². The number of hydrogen-bond donors (Lipinski definition) is 2.